The summed E-state index contributed by atoms with van der Waals surface area (Å²) < 4.78 is 16.3. The zero-order valence-electron chi connectivity index (χ0n) is 16.7. The number of nitrogens with zero attached hydrogens (tertiary/aromatic N) is 4. The molecule has 1 aromatic heterocycles. The number of benzene rings is 2. The van der Waals surface area contributed by atoms with Crippen LogP contribution in [0.25, 0.3) is 11.4 Å². The van der Waals surface area contributed by atoms with Crippen molar-refractivity contribution in [3.63, 3.8) is 0 Å². The summed E-state index contributed by atoms with van der Waals surface area (Å²) in [5.74, 6) is 2.17. The zero-order chi connectivity index (χ0) is 21.4. The van der Waals surface area contributed by atoms with Crippen LogP contribution in [0.4, 0.5) is 0 Å². The number of carbonyl (C=O) groups excluding carboxylic acids is 1. The summed E-state index contributed by atoms with van der Waals surface area (Å²) in [6.45, 7) is 0.868. The number of aromatic nitrogens is 2. The fraction of sp³-hybridized carbons (Fsp3) is 0.273. The molecule has 9 heteroatoms. The lowest BCUT2D eigenvalue weighted by atomic mass is 10.1. The molecule has 9 nitrogen and oxygen atoms in total. The predicted octanol–water partition coefficient (Wildman–Crippen LogP) is 2.51. The van der Waals surface area contributed by atoms with Gasteiger partial charge in [-0.25, -0.2) is 0 Å². The van der Waals surface area contributed by atoms with Gasteiger partial charge in [0.2, 0.25) is 18.5 Å². The highest BCUT2D eigenvalue weighted by molar-refractivity contribution is 5.94. The summed E-state index contributed by atoms with van der Waals surface area (Å²) in [4.78, 5) is 19.2. The van der Waals surface area contributed by atoms with E-state index in [1.165, 1.54) is 0 Å². The molecule has 0 saturated carbocycles. The molecule has 2 unspecified atom stereocenters. The van der Waals surface area contributed by atoms with Gasteiger partial charge in [-0.3, -0.25) is 9.69 Å². The molecule has 2 aliphatic heterocycles. The Morgan fingerprint density at radius 1 is 1.19 bits per heavy atom. The number of nitriles is 1. The number of carbonyl (C=O) groups is 1. The van der Waals surface area contributed by atoms with E-state index in [9.17, 15) is 4.79 Å². The topological polar surface area (TPSA) is 114 Å². The summed E-state index contributed by atoms with van der Waals surface area (Å²) in [6, 6.07) is 14.0. The third-order valence-electron chi connectivity index (χ3n) is 5.52. The van der Waals surface area contributed by atoms with Crippen LogP contribution in [0.1, 0.15) is 34.3 Å². The van der Waals surface area contributed by atoms with E-state index in [4.69, 9.17) is 19.3 Å². The Hall–Kier alpha value is -3.90. The van der Waals surface area contributed by atoms with Gasteiger partial charge in [-0.15, -0.1) is 0 Å². The van der Waals surface area contributed by atoms with E-state index in [0.717, 1.165) is 5.56 Å². The van der Waals surface area contributed by atoms with Crippen molar-refractivity contribution < 1.29 is 18.8 Å². The first-order valence-electron chi connectivity index (χ1n) is 9.85. The molecule has 1 amide bonds. The number of hydrogen-bond acceptors (Lipinski definition) is 8. The summed E-state index contributed by atoms with van der Waals surface area (Å²) in [7, 11) is 1.96. The fourth-order valence-corrected chi connectivity index (χ4v) is 3.88. The van der Waals surface area contributed by atoms with E-state index in [-0.39, 0.29) is 24.8 Å². The van der Waals surface area contributed by atoms with Crippen molar-refractivity contribution in [2.75, 3.05) is 20.4 Å². The fourth-order valence-electron chi connectivity index (χ4n) is 3.88. The van der Waals surface area contributed by atoms with Gasteiger partial charge in [-0.1, -0.05) is 5.16 Å². The number of fused-ring (bicyclic) bond motifs is 1. The van der Waals surface area contributed by atoms with Crippen molar-refractivity contribution in [3.05, 3.63) is 59.5 Å². The van der Waals surface area contributed by atoms with Gasteiger partial charge in [0.25, 0.3) is 5.91 Å². The van der Waals surface area contributed by atoms with E-state index in [1.54, 1.807) is 24.3 Å². The van der Waals surface area contributed by atoms with Gasteiger partial charge in [0.05, 0.1) is 17.7 Å². The molecule has 0 aliphatic carbocycles. The first kappa shape index (κ1) is 19.1. The first-order valence-corrected chi connectivity index (χ1v) is 9.85. The summed E-state index contributed by atoms with van der Waals surface area (Å²) in [6.07, 6.45) is 0.654. The average molecular weight is 417 g/mol. The summed E-state index contributed by atoms with van der Waals surface area (Å²) in [5.41, 5.74) is 1.82. The molecule has 2 aromatic carbocycles. The highest BCUT2D eigenvalue weighted by Crippen LogP contribution is 2.36. The maximum Gasteiger partial charge on any atom is 0.251 e. The molecule has 1 fully saturated rings. The van der Waals surface area contributed by atoms with Gasteiger partial charge in [0.1, 0.15) is 0 Å². The van der Waals surface area contributed by atoms with Crippen LogP contribution in [-0.4, -0.2) is 47.4 Å². The van der Waals surface area contributed by atoms with E-state index >= 15 is 0 Å². The standard InChI is InChI=1S/C22H19N5O4/c1-27-11-16(24-21(28)14-4-2-13(10-23)3-5-14)9-17(27)22-25-20(26-31-22)15-6-7-18-19(8-15)30-12-29-18/h2-8,16-17H,9,11-12H2,1H3,(H,24,28). The van der Waals surface area contributed by atoms with Gasteiger partial charge < -0.3 is 19.3 Å². The molecular formula is C22H19N5O4. The molecule has 0 radical (unpaired) electrons. The van der Waals surface area contributed by atoms with Crippen molar-refractivity contribution in [2.45, 2.75) is 18.5 Å². The number of rotatable bonds is 4. The minimum absolute atomic E-state index is 0.0564. The highest BCUT2D eigenvalue weighted by atomic mass is 16.7. The molecule has 0 spiro atoms. The Morgan fingerprint density at radius 2 is 2.00 bits per heavy atom. The molecule has 1 saturated heterocycles. The van der Waals surface area contributed by atoms with Crippen molar-refractivity contribution in [3.8, 4) is 29.0 Å². The average Bonchev–Trinajstić information content (AvgIpc) is 3.52. The Labute approximate surface area is 178 Å². The molecule has 3 heterocycles. The maximum atomic E-state index is 12.5. The van der Waals surface area contributed by atoms with Crippen molar-refractivity contribution in [1.82, 2.24) is 20.4 Å². The van der Waals surface area contributed by atoms with Crippen LogP contribution < -0.4 is 14.8 Å². The Morgan fingerprint density at radius 3 is 2.81 bits per heavy atom. The first-order chi connectivity index (χ1) is 15.1. The number of likely N-dealkylation sites (tertiary alicyclic amines) is 1. The monoisotopic (exact) mass is 417 g/mol. The van der Waals surface area contributed by atoms with Crippen LogP contribution in [0.2, 0.25) is 0 Å². The van der Waals surface area contributed by atoms with Crippen LogP contribution in [-0.2, 0) is 0 Å². The van der Waals surface area contributed by atoms with Gasteiger partial charge in [-0.05, 0) is 55.9 Å². The molecule has 5 rings (SSSR count). The van der Waals surface area contributed by atoms with Gasteiger partial charge >= 0.3 is 0 Å². The van der Waals surface area contributed by atoms with Crippen molar-refractivity contribution in [1.29, 1.82) is 5.26 Å². The van der Waals surface area contributed by atoms with Gasteiger partial charge in [-0.2, -0.15) is 10.2 Å². The van der Waals surface area contributed by atoms with Crippen LogP contribution in [0.3, 0.4) is 0 Å². The second kappa shape index (κ2) is 7.74. The van der Waals surface area contributed by atoms with Crippen molar-refractivity contribution in [2.24, 2.45) is 0 Å². The van der Waals surface area contributed by atoms with Crippen molar-refractivity contribution >= 4 is 5.91 Å². The molecular weight excluding hydrogens is 398 g/mol. The summed E-state index contributed by atoms with van der Waals surface area (Å²) in [5, 5.41) is 16.1. The SMILES string of the molecule is CN1CC(NC(=O)c2ccc(C#N)cc2)CC1c1nc(-c2ccc3c(c2)OCO3)no1. The van der Waals surface area contributed by atoms with Gasteiger partial charge in [0, 0.05) is 23.7 Å². The Kier molecular flexibility index (Phi) is 4.76. The number of amides is 1. The smallest absolute Gasteiger partial charge is 0.251 e. The van der Waals surface area contributed by atoms with E-state index in [2.05, 4.69) is 20.4 Å². The second-order valence-electron chi connectivity index (χ2n) is 7.57. The molecule has 3 aromatic rings. The third-order valence-corrected chi connectivity index (χ3v) is 5.52. The molecule has 0 bridgehead atoms. The number of nitrogens with one attached hydrogen (secondary N) is 1. The lowest BCUT2D eigenvalue weighted by molar-refractivity contribution is 0.0938. The molecule has 31 heavy (non-hydrogen) atoms. The lowest BCUT2D eigenvalue weighted by Gasteiger charge is -2.14. The van der Waals surface area contributed by atoms with Gasteiger partial charge in [0.15, 0.2) is 11.5 Å². The van der Waals surface area contributed by atoms with E-state index in [1.807, 2.05) is 31.3 Å². The summed E-state index contributed by atoms with van der Waals surface area (Å²) >= 11 is 0. The predicted molar refractivity (Wildman–Crippen MR) is 108 cm³/mol. The highest BCUT2D eigenvalue weighted by Gasteiger charge is 2.35. The Balaban J connectivity index is 1.26. The van der Waals surface area contributed by atoms with Crippen LogP contribution in [0.15, 0.2) is 47.0 Å². The normalized spacial score (nSPS) is 19.9. The number of likely N-dealkylation sites (N-methyl/N-ethyl adjacent to an activating group) is 1. The quantitative estimate of drug-likeness (QED) is 0.689. The second-order valence-corrected chi connectivity index (χ2v) is 7.57. The third kappa shape index (κ3) is 3.69. The molecule has 156 valence electrons. The van der Waals surface area contributed by atoms with Crippen LogP contribution >= 0.6 is 0 Å². The molecule has 2 atom stereocenters. The Bertz CT molecular complexity index is 1170. The van der Waals surface area contributed by atoms with Crippen LogP contribution in [0, 0.1) is 11.3 Å². The molecule has 2 aliphatic rings. The number of hydrogen-bond donors (Lipinski definition) is 1. The number of ether oxygens (including phenoxy) is 2. The minimum Gasteiger partial charge on any atom is -0.454 e. The zero-order valence-corrected chi connectivity index (χ0v) is 16.7. The minimum atomic E-state index is -0.171. The molecule has 1 N–H and O–H groups in total. The largest absolute Gasteiger partial charge is 0.454 e. The van der Waals surface area contributed by atoms with E-state index < -0.39 is 0 Å². The lowest BCUT2D eigenvalue weighted by Crippen LogP contribution is -2.36. The van der Waals surface area contributed by atoms with Crippen LogP contribution in [0.5, 0.6) is 11.5 Å². The van der Waals surface area contributed by atoms with E-state index in [0.29, 0.717) is 47.3 Å². The maximum absolute atomic E-state index is 12.5.